The minimum Gasteiger partial charge on any atom is -0.313 e. The molecule has 0 spiro atoms. The van der Waals surface area contributed by atoms with Crippen molar-refractivity contribution in [2.75, 3.05) is 26.2 Å². The fraction of sp³-hybridized carbons (Fsp3) is 0.308. The molecule has 3 aromatic rings. The number of halogens is 5. The Balaban J connectivity index is 1.55. The molecule has 0 amide bonds. The normalized spacial score (nSPS) is 16.6. The van der Waals surface area contributed by atoms with Crippen molar-refractivity contribution in [1.29, 1.82) is 0 Å². The highest BCUT2D eigenvalue weighted by Crippen LogP contribution is 2.33. The fourth-order valence-electron chi connectivity index (χ4n) is 4.59. The number of hydrogen-bond acceptors (Lipinski definition) is 4. The summed E-state index contributed by atoms with van der Waals surface area (Å²) < 4.78 is 71.7. The minimum atomic E-state index is -4.65. The van der Waals surface area contributed by atoms with Crippen LogP contribution in [0.3, 0.4) is 0 Å². The van der Waals surface area contributed by atoms with Crippen LogP contribution in [-0.4, -0.2) is 47.1 Å². The van der Waals surface area contributed by atoms with Gasteiger partial charge >= 0.3 is 6.18 Å². The summed E-state index contributed by atoms with van der Waals surface area (Å²) in [6, 6.07) is 8.70. The highest BCUT2D eigenvalue weighted by atomic mass is 19.4. The summed E-state index contributed by atoms with van der Waals surface area (Å²) in [6.45, 7) is 1.37. The average Bonchev–Trinajstić information content (AvgIpc) is 3.26. The Bertz CT molecular complexity index is 1250. The first-order valence-electron chi connectivity index (χ1n) is 11.7. The molecule has 10 heteroatoms. The summed E-state index contributed by atoms with van der Waals surface area (Å²) in [7, 11) is 0. The van der Waals surface area contributed by atoms with E-state index in [1.807, 2.05) is 12.2 Å². The van der Waals surface area contributed by atoms with E-state index < -0.39 is 24.4 Å². The second-order valence-corrected chi connectivity index (χ2v) is 8.80. The molecule has 0 atom stereocenters. The molecule has 0 radical (unpaired) electrons. The molecule has 5 rings (SSSR count). The van der Waals surface area contributed by atoms with E-state index in [1.165, 1.54) is 24.3 Å². The molecule has 0 bridgehead atoms. The molecule has 2 N–H and O–H groups in total. The van der Waals surface area contributed by atoms with Crippen LogP contribution in [0.4, 0.5) is 22.0 Å². The highest BCUT2D eigenvalue weighted by molar-refractivity contribution is 5.72. The van der Waals surface area contributed by atoms with Crippen LogP contribution in [0.25, 0.3) is 33.9 Å². The van der Waals surface area contributed by atoms with Gasteiger partial charge in [0.05, 0.1) is 11.1 Å². The van der Waals surface area contributed by atoms with Gasteiger partial charge in [-0.2, -0.15) is 13.2 Å². The average molecular weight is 502 g/mol. The first-order chi connectivity index (χ1) is 17.3. The zero-order valence-electron chi connectivity index (χ0n) is 19.3. The zero-order valence-corrected chi connectivity index (χ0v) is 19.3. The summed E-state index contributed by atoms with van der Waals surface area (Å²) in [5.41, 5.74) is 2.98. The van der Waals surface area contributed by atoms with Crippen molar-refractivity contribution in [1.82, 2.24) is 25.4 Å². The molecular formula is C26H24F5N5. The summed E-state index contributed by atoms with van der Waals surface area (Å²) in [6.07, 6.45) is 0.688. The van der Waals surface area contributed by atoms with Gasteiger partial charge in [-0.15, -0.1) is 10.2 Å². The van der Waals surface area contributed by atoms with Crippen molar-refractivity contribution in [3.63, 3.8) is 0 Å². The maximum atomic E-state index is 15.2. The molecule has 1 aromatic heterocycles. The fourth-order valence-corrected chi connectivity index (χ4v) is 4.59. The van der Waals surface area contributed by atoms with E-state index in [1.54, 1.807) is 12.1 Å². The van der Waals surface area contributed by atoms with Gasteiger partial charge in [-0.05, 0) is 72.5 Å². The molecule has 0 saturated carbocycles. The van der Waals surface area contributed by atoms with Crippen molar-refractivity contribution in [2.24, 2.45) is 0 Å². The third-order valence-corrected chi connectivity index (χ3v) is 6.38. The highest BCUT2D eigenvalue weighted by Gasteiger charge is 2.33. The van der Waals surface area contributed by atoms with Gasteiger partial charge in [0, 0.05) is 13.1 Å². The van der Waals surface area contributed by atoms with Crippen LogP contribution in [0.2, 0.25) is 0 Å². The van der Waals surface area contributed by atoms with Gasteiger partial charge in [0.25, 0.3) is 0 Å². The van der Waals surface area contributed by atoms with Gasteiger partial charge in [0.15, 0.2) is 11.6 Å². The first-order valence-corrected chi connectivity index (χ1v) is 11.7. The Morgan fingerprint density at radius 3 is 1.58 bits per heavy atom. The molecule has 0 saturated heterocycles. The van der Waals surface area contributed by atoms with Crippen LogP contribution in [0.5, 0.6) is 0 Å². The monoisotopic (exact) mass is 501 g/mol. The topological polar surface area (TPSA) is 54.8 Å². The molecule has 0 aliphatic carbocycles. The van der Waals surface area contributed by atoms with Crippen molar-refractivity contribution in [3.8, 4) is 22.8 Å². The quantitative estimate of drug-likeness (QED) is 0.472. The van der Waals surface area contributed by atoms with Crippen LogP contribution < -0.4 is 10.6 Å². The molecule has 0 fully saturated rings. The van der Waals surface area contributed by atoms with Gasteiger partial charge in [-0.3, -0.25) is 4.57 Å². The van der Waals surface area contributed by atoms with E-state index in [-0.39, 0.29) is 22.8 Å². The van der Waals surface area contributed by atoms with Crippen LogP contribution >= 0.6 is 0 Å². The number of benzene rings is 2. The predicted octanol–water partition coefficient (Wildman–Crippen LogP) is 5.21. The van der Waals surface area contributed by atoms with Crippen molar-refractivity contribution >= 4 is 11.1 Å². The Kier molecular flexibility index (Phi) is 6.72. The van der Waals surface area contributed by atoms with Gasteiger partial charge in [-0.25, -0.2) is 8.78 Å². The second kappa shape index (κ2) is 9.94. The molecule has 3 heterocycles. The third-order valence-electron chi connectivity index (χ3n) is 6.38. The van der Waals surface area contributed by atoms with E-state index in [2.05, 4.69) is 20.8 Å². The SMILES string of the molecule is Fc1cc(C2=CCNCC2)ccc1-c1nnc(-c2ccc(C3=CCNCC3)cc2F)n1CC(F)(F)F. The summed E-state index contributed by atoms with van der Waals surface area (Å²) in [5.74, 6) is -2.06. The molecule has 5 nitrogen and oxygen atoms in total. The third kappa shape index (κ3) is 5.10. The van der Waals surface area contributed by atoms with Crippen LogP contribution in [0.1, 0.15) is 24.0 Å². The van der Waals surface area contributed by atoms with Gasteiger partial charge in [0.2, 0.25) is 0 Å². The molecule has 2 aliphatic rings. The Morgan fingerprint density at radius 1 is 0.750 bits per heavy atom. The Hall–Kier alpha value is -3.37. The number of nitrogens with one attached hydrogen (secondary N) is 2. The number of aromatic nitrogens is 3. The largest absolute Gasteiger partial charge is 0.406 e. The molecule has 2 aliphatic heterocycles. The van der Waals surface area contributed by atoms with Crippen molar-refractivity contribution in [2.45, 2.75) is 25.6 Å². The number of alkyl halides is 3. The molecule has 2 aromatic carbocycles. The lowest BCUT2D eigenvalue weighted by atomic mass is 9.98. The lowest BCUT2D eigenvalue weighted by Gasteiger charge is -2.17. The molecule has 0 unspecified atom stereocenters. The maximum absolute atomic E-state index is 15.2. The first kappa shape index (κ1) is 24.3. The van der Waals surface area contributed by atoms with Gasteiger partial charge < -0.3 is 10.6 Å². The number of hydrogen-bond donors (Lipinski definition) is 2. The van der Waals surface area contributed by atoms with E-state index in [0.717, 1.165) is 41.6 Å². The Labute approximate surface area is 204 Å². The van der Waals surface area contributed by atoms with E-state index in [4.69, 9.17) is 0 Å². The second-order valence-electron chi connectivity index (χ2n) is 8.80. The van der Waals surface area contributed by atoms with E-state index >= 15 is 8.78 Å². The van der Waals surface area contributed by atoms with Crippen LogP contribution in [-0.2, 0) is 6.54 Å². The summed E-state index contributed by atoms with van der Waals surface area (Å²) >= 11 is 0. The summed E-state index contributed by atoms with van der Waals surface area (Å²) in [4.78, 5) is 0. The van der Waals surface area contributed by atoms with E-state index in [0.29, 0.717) is 24.2 Å². The standard InChI is InChI=1S/C26H24F5N5/c27-22-13-18(16-5-9-32-10-6-16)1-3-20(22)24-34-35-25(36(24)15-26(29,30)31)21-4-2-19(14-23(21)28)17-7-11-33-12-8-17/h1-5,7,13-14,32-33H,6,8-12,15H2. The number of nitrogens with zero attached hydrogens (tertiary/aromatic N) is 3. The molecule has 188 valence electrons. The summed E-state index contributed by atoms with van der Waals surface area (Å²) in [5, 5.41) is 14.1. The van der Waals surface area contributed by atoms with Crippen molar-refractivity contribution < 1.29 is 22.0 Å². The van der Waals surface area contributed by atoms with Crippen molar-refractivity contribution in [3.05, 3.63) is 71.3 Å². The lowest BCUT2D eigenvalue weighted by Crippen LogP contribution is -2.20. The lowest BCUT2D eigenvalue weighted by molar-refractivity contribution is -0.140. The molecular weight excluding hydrogens is 477 g/mol. The van der Waals surface area contributed by atoms with Gasteiger partial charge in [-0.1, -0.05) is 24.3 Å². The predicted molar refractivity (Wildman–Crippen MR) is 128 cm³/mol. The maximum Gasteiger partial charge on any atom is 0.406 e. The minimum absolute atomic E-state index is 0.131. The van der Waals surface area contributed by atoms with Crippen LogP contribution in [0.15, 0.2) is 48.6 Å². The smallest absolute Gasteiger partial charge is 0.313 e. The number of rotatable bonds is 5. The Morgan fingerprint density at radius 2 is 1.22 bits per heavy atom. The van der Waals surface area contributed by atoms with Gasteiger partial charge in [0.1, 0.15) is 18.2 Å². The zero-order chi connectivity index (χ0) is 25.3. The van der Waals surface area contributed by atoms with Crippen LogP contribution in [0, 0.1) is 11.6 Å². The molecule has 36 heavy (non-hydrogen) atoms. The van der Waals surface area contributed by atoms with E-state index in [9.17, 15) is 13.2 Å².